The number of hydrogen-bond donors (Lipinski definition) is 0. The number of hydrogen-bond acceptors (Lipinski definition) is 6. The van der Waals surface area contributed by atoms with E-state index in [2.05, 4.69) is 0 Å². The van der Waals surface area contributed by atoms with Crippen LogP contribution < -0.4 is 9.47 Å². The van der Waals surface area contributed by atoms with Crippen molar-refractivity contribution in [3.63, 3.8) is 0 Å². The SMILES string of the molecule is COc1ccc(C(=O)COC(=O)c2sccc2C)c(OC)c1. The lowest BCUT2D eigenvalue weighted by atomic mass is 10.1. The van der Waals surface area contributed by atoms with Gasteiger partial charge in [-0.2, -0.15) is 0 Å². The fourth-order valence-electron chi connectivity index (χ4n) is 1.89. The lowest BCUT2D eigenvalue weighted by Crippen LogP contribution is -2.15. The van der Waals surface area contributed by atoms with E-state index in [1.807, 2.05) is 13.0 Å². The van der Waals surface area contributed by atoms with Crippen molar-refractivity contribution >= 4 is 23.1 Å². The Morgan fingerprint density at radius 1 is 1.14 bits per heavy atom. The van der Waals surface area contributed by atoms with E-state index in [1.165, 1.54) is 25.6 Å². The molecule has 0 atom stereocenters. The quantitative estimate of drug-likeness (QED) is 0.604. The van der Waals surface area contributed by atoms with Gasteiger partial charge < -0.3 is 14.2 Å². The average Bonchev–Trinajstić information content (AvgIpc) is 2.97. The molecule has 0 unspecified atom stereocenters. The summed E-state index contributed by atoms with van der Waals surface area (Å²) in [6.07, 6.45) is 0. The summed E-state index contributed by atoms with van der Waals surface area (Å²) in [7, 11) is 2.99. The number of methoxy groups -OCH3 is 2. The van der Waals surface area contributed by atoms with Gasteiger partial charge in [0.15, 0.2) is 6.61 Å². The van der Waals surface area contributed by atoms with Gasteiger partial charge in [-0.3, -0.25) is 4.79 Å². The second kappa shape index (κ2) is 7.09. The Labute approximate surface area is 132 Å². The van der Waals surface area contributed by atoms with Gasteiger partial charge >= 0.3 is 5.97 Å². The Hall–Kier alpha value is -2.34. The minimum absolute atomic E-state index is 0.331. The molecular formula is C16H16O5S. The number of carbonyl (C=O) groups excluding carboxylic acids is 2. The number of ether oxygens (including phenoxy) is 3. The zero-order valence-corrected chi connectivity index (χ0v) is 13.4. The molecule has 0 saturated carbocycles. The predicted octanol–water partition coefficient (Wildman–Crippen LogP) is 3.11. The van der Waals surface area contributed by atoms with Crippen LogP contribution in [0.1, 0.15) is 25.6 Å². The molecule has 0 aliphatic carbocycles. The standard InChI is InChI=1S/C16H16O5S/c1-10-6-7-22-15(10)16(18)21-9-13(17)12-5-4-11(19-2)8-14(12)20-3/h4-8H,9H2,1-3H3. The highest BCUT2D eigenvalue weighted by Crippen LogP contribution is 2.25. The first-order chi connectivity index (χ1) is 10.6. The Morgan fingerprint density at radius 2 is 1.91 bits per heavy atom. The topological polar surface area (TPSA) is 61.8 Å². The largest absolute Gasteiger partial charge is 0.497 e. The Bertz CT molecular complexity index is 690. The van der Waals surface area contributed by atoms with Crippen LogP contribution in [0.25, 0.3) is 0 Å². The number of ketones is 1. The summed E-state index contributed by atoms with van der Waals surface area (Å²) in [5, 5.41) is 1.81. The average molecular weight is 320 g/mol. The summed E-state index contributed by atoms with van der Waals surface area (Å²) >= 11 is 1.29. The molecule has 1 aromatic heterocycles. The summed E-state index contributed by atoms with van der Waals surface area (Å²) in [5.41, 5.74) is 1.18. The third kappa shape index (κ3) is 3.46. The van der Waals surface area contributed by atoms with Crippen LogP contribution in [-0.4, -0.2) is 32.6 Å². The van der Waals surface area contributed by atoms with Crippen molar-refractivity contribution in [1.82, 2.24) is 0 Å². The van der Waals surface area contributed by atoms with E-state index in [9.17, 15) is 9.59 Å². The van der Waals surface area contributed by atoms with Crippen LogP contribution in [0, 0.1) is 6.92 Å². The third-order valence-electron chi connectivity index (χ3n) is 3.09. The fourth-order valence-corrected chi connectivity index (χ4v) is 2.70. The molecule has 0 spiro atoms. The van der Waals surface area contributed by atoms with Gasteiger partial charge in [0, 0.05) is 6.07 Å². The summed E-state index contributed by atoms with van der Waals surface area (Å²) in [6, 6.07) is 6.68. The number of carbonyl (C=O) groups is 2. The second-order valence-corrected chi connectivity index (χ2v) is 5.41. The van der Waals surface area contributed by atoms with Crippen molar-refractivity contribution in [3.05, 3.63) is 45.6 Å². The molecule has 0 aliphatic heterocycles. The van der Waals surface area contributed by atoms with E-state index in [0.717, 1.165) is 5.56 Å². The molecule has 0 aliphatic rings. The molecular weight excluding hydrogens is 304 g/mol. The van der Waals surface area contributed by atoms with Crippen molar-refractivity contribution < 1.29 is 23.8 Å². The number of rotatable bonds is 6. The number of esters is 1. The van der Waals surface area contributed by atoms with E-state index in [4.69, 9.17) is 14.2 Å². The lowest BCUT2D eigenvalue weighted by molar-refractivity contribution is 0.0478. The lowest BCUT2D eigenvalue weighted by Gasteiger charge is -2.10. The summed E-state index contributed by atoms with van der Waals surface area (Å²) < 4.78 is 15.3. The highest BCUT2D eigenvalue weighted by molar-refractivity contribution is 7.12. The Morgan fingerprint density at radius 3 is 2.50 bits per heavy atom. The number of aryl methyl sites for hydroxylation is 1. The van der Waals surface area contributed by atoms with Crippen LogP contribution >= 0.6 is 11.3 Å². The molecule has 1 heterocycles. The highest BCUT2D eigenvalue weighted by Gasteiger charge is 2.17. The minimum Gasteiger partial charge on any atom is -0.497 e. The van der Waals surface area contributed by atoms with E-state index in [1.54, 1.807) is 23.6 Å². The first kappa shape index (κ1) is 16.0. The van der Waals surface area contributed by atoms with E-state index in [-0.39, 0.29) is 12.4 Å². The zero-order chi connectivity index (χ0) is 16.1. The van der Waals surface area contributed by atoms with Crippen molar-refractivity contribution in [2.75, 3.05) is 20.8 Å². The third-order valence-corrected chi connectivity index (χ3v) is 4.09. The molecule has 0 amide bonds. The molecule has 0 saturated heterocycles. The summed E-state index contributed by atoms with van der Waals surface area (Å²) in [6.45, 7) is 1.49. The van der Waals surface area contributed by atoms with Crippen LogP contribution in [0.15, 0.2) is 29.6 Å². The number of benzene rings is 1. The van der Waals surface area contributed by atoms with Gasteiger partial charge in [0.1, 0.15) is 16.4 Å². The molecule has 6 heteroatoms. The van der Waals surface area contributed by atoms with Crippen molar-refractivity contribution in [2.24, 2.45) is 0 Å². The fraction of sp³-hybridized carbons (Fsp3) is 0.250. The molecule has 22 heavy (non-hydrogen) atoms. The monoisotopic (exact) mass is 320 g/mol. The first-order valence-electron chi connectivity index (χ1n) is 6.53. The molecule has 5 nitrogen and oxygen atoms in total. The van der Waals surface area contributed by atoms with Crippen LogP contribution in [0.5, 0.6) is 11.5 Å². The predicted molar refractivity (Wildman–Crippen MR) is 83.2 cm³/mol. The van der Waals surface area contributed by atoms with Crippen LogP contribution in [0.3, 0.4) is 0 Å². The molecule has 116 valence electrons. The van der Waals surface area contributed by atoms with Gasteiger partial charge in [-0.05, 0) is 36.1 Å². The number of thiophene rings is 1. The van der Waals surface area contributed by atoms with E-state index < -0.39 is 5.97 Å². The molecule has 2 rings (SSSR count). The Kier molecular flexibility index (Phi) is 5.16. The first-order valence-corrected chi connectivity index (χ1v) is 7.41. The molecule has 0 radical (unpaired) electrons. The van der Waals surface area contributed by atoms with Gasteiger partial charge in [0.2, 0.25) is 5.78 Å². The molecule has 1 aromatic carbocycles. The summed E-state index contributed by atoms with van der Waals surface area (Å²) in [4.78, 5) is 24.6. The van der Waals surface area contributed by atoms with Crippen molar-refractivity contribution in [3.8, 4) is 11.5 Å². The minimum atomic E-state index is -0.492. The van der Waals surface area contributed by atoms with Crippen molar-refractivity contribution in [2.45, 2.75) is 6.92 Å². The normalized spacial score (nSPS) is 10.1. The Balaban J connectivity index is 2.06. The van der Waals surface area contributed by atoms with Crippen molar-refractivity contribution in [1.29, 1.82) is 0 Å². The van der Waals surface area contributed by atoms with Gasteiger partial charge in [-0.1, -0.05) is 0 Å². The molecule has 2 aromatic rings. The smallest absolute Gasteiger partial charge is 0.349 e. The van der Waals surface area contributed by atoms with Gasteiger partial charge in [-0.25, -0.2) is 4.79 Å². The molecule has 0 bridgehead atoms. The van der Waals surface area contributed by atoms with Gasteiger partial charge in [0.05, 0.1) is 19.8 Å². The number of Topliss-reactive ketones (excluding diaryl/α,β-unsaturated/α-hetero) is 1. The van der Waals surface area contributed by atoms with Crippen LogP contribution in [0.2, 0.25) is 0 Å². The maximum absolute atomic E-state index is 12.2. The molecule has 0 N–H and O–H groups in total. The maximum atomic E-state index is 12.2. The van der Waals surface area contributed by atoms with E-state index >= 15 is 0 Å². The summed E-state index contributed by atoms with van der Waals surface area (Å²) in [5.74, 6) is 0.141. The van der Waals surface area contributed by atoms with Gasteiger partial charge in [-0.15, -0.1) is 11.3 Å². The van der Waals surface area contributed by atoms with Crippen LogP contribution in [-0.2, 0) is 4.74 Å². The molecule has 0 fully saturated rings. The van der Waals surface area contributed by atoms with E-state index in [0.29, 0.717) is 21.9 Å². The zero-order valence-electron chi connectivity index (χ0n) is 12.5. The van der Waals surface area contributed by atoms with Gasteiger partial charge in [0.25, 0.3) is 0 Å². The maximum Gasteiger partial charge on any atom is 0.349 e. The second-order valence-electron chi connectivity index (χ2n) is 4.50. The van der Waals surface area contributed by atoms with Crippen LogP contribution in [0.4, 0.5) is 0 Å². The highest BCUT2D eigenvalue weighted by atomic mass is 32.1.